The summed E-state index contributed by atoms with van der Waals surface area (Å²) in [6.45, 7) is 2.86. The highest BCUT2D eigenvalue weighted by molar-refractivity contribution is 6.35. The van der Waals surface area contributed by atoms with Gasteiger partial charge < -0.3 is 15.2 Å². The second kappa shape index (κ2) is 6.63. The zero-order valence-electron chi connectivity index (χ0n) is 10.3. The van der Waals surface area contributed by atoms with Gasteiger partial charge in [-0.25, -0.2) is 0 Å². The predicted octanol–water partition coefficient (Wildman–Crippen LogP) is 2.35. The fourth-order valence-electron chi connectivity index (χ4n) is 1.21. The summed E-state index contributed by atoms with van der Waals surface area (Å²) in [6, 6.07) is 3.62. The van der Waals surface area contributed by atoms with Crippen LogP contribution in [0.5, 0.6) is 5.75 Å². The summed E-state index contributed by atoms with van der Waals surface area (Å²) in [7, 11) is 0. The molecule has 7 heteroatoms. The zero-order chi connectivity index (χ0) is 14.6. The maximum absolute atomic E-state index is 11.7. The molecule has 0 aromatic heterocycles. The summed E-state index contributed by atoms with van der Waals surface area (Å²) in [6.07, 6.45) is -0.875. The van der Waals surface area contributed by atoms with Crippen LogP contribution in [0.3, 0.4) is 0 Å². The second-order valence-corrected chi connectivity index (χ2v) is 4.75. The molecule has 19 heavy (non-hydrogen) atoms. The summed E-state index contributed by atoms with van der Waals surface area (Å²) >= 11 is 11.6. The van der Waals surface area contributed by atoms with Crippen LogP contribution in [0.2, 0.25) is 10.0 Å². The number of aliphatic carboxylic acids is 1. The molecule has 0 saturated heterocycles. The van der Waals surface area contributed by atoms with E-state index in [1.807, 2.05) is 0 Å². The molecule has 0 spiro atoms. The van der Waals surface area contributed by atoms with E-state index >= 15 is 0 Å². The third-order valence-corrected chi connectivity index (χ3v) is 2.83. The third kappa shape index (κ3) is 4.61. The van der Waals surface area contributed by atoms with Crippen LogP contribution < -0.4 is 10.1 Å². The smallest absolute Gasteiger partial charge is 0.325 e. The van der Waals surface area contributed by atoms with Gasteiger partial charge in [-0.15, -0.1) is 0 Å². The topological polar surface area (TPSA) is 75.6 Å². The average Bonchev–Trinajstić information content (AvgIpc) is 2.32. The van der Waals surface area contributed by atoms with Gasteiger partial charge in [0.2, 0.25) is 0 Å². The second-order valence-electron chi connectivity index (χ2n) is 3.90. The van der Waals surface area contributed by atoms with E-state index in [4.69, 9.17) is 33.0 Å². The Labute approximate surface area is 120 Å². The fourth-order valence-corrected chi connectivity index (χ4v) is 1.66. The van der Waals surface area contributed by atoms with Crippen LogP contribution in [-0.4, -0.2) is 29.1 Å². The minimum Gasteiger partial charge on any atom is -0.480 e. The molecule has 0 aliphatic carbocycles. The molecule has 0 radical (unpaired) electrons. The molecule has 0 fully saturated rings. The Morgan fingerprint density at radius 2 is 1.95 bits per heavy atom. The maximum atomic E-state index is 11.7. The number of carboxylic acids is 1. The first-order valence-corrected chi connectivity index (χ1v) is 6.21. The Kier molecular flexibility index (Phi) is 5.44. The van der Waals surface area contributed by atoms with Crippen molar-refractivity contribution in [3.05, 3.63) is 28.2 Å². The first-order valence-electron chi connectivity index (χ1n) is 5.46. The highest BCUT2D eigenvalue weighted by Gasteiger charge is 2.20. The van der Waals surface area contributed by atoms with E-state index in [0.717, 1.165) is 0 Å². The Morgan fingerprint density at radius 1 is 1.32 bits per heavy atom. The van der Waals surface area contributed by atoms with Gasteiger partial charge in [-0.2, -0.15) is 0 Å². The Bertz CT molecular complexity index is 493. The van der Waals surface area contributed by atoms with Crippen LogP contribution in [0.4, 0.5) is 0 Å². The monoisotopic (exact) mass is 305 g/mol. The third-order valence-electron chi connectivity index (χ3n) is 2.30. The minimum atomic E-state index is -1.12. The van der Waals surface area contributed by atoms with Gasteiger partial charge in [-0.1, -0.05) is 23.2 Å². The van der Waals surface area contributed by atoms with Crippen molar-refractivity contribution in [1.29, 1.82) is 0 Å². The molecule has 0 bridgehead atoms. The number of rotatable bonds is 5. The van der Waals surface area contributed by atoms with Crippen molar-refractivity contribution >= 4 is 35.1 Å². The lowest BCUT2D eigenvalue weighted by molar-refractivity contribution is -0.142. The summed E-state index contributed by atoms with van der Waals surface area (Å²) in [5, 5.41) is 11.7. The predicted molar refractivity (Wildman–Crippen MR) is 71.8 cm³/mol. The van der Waals surface area contributed by atoms with Crippen molar-refractivity contribution in [2.24, 2.45) is 0 Å². The van der Waals surface area contributed by atoms with Gasteiger partial charge in [0.25, 0.3) is 5.91 Å². The number of nitrogens with one attached hydrogen (secondary N) is 1. The van der Waals surface area contributed by atoms with E-state index in [-0.39, 0.29) is 5.02 Å². The molecule has 104 valence electrons. The number of carbonyl (C=O) groups excluding carboxylic acids is 1. The van der Waals surface area contributed by atoms with Gasteiger partial charge in [0.15, 0.2) is 6.10 Å². The highest BCUT2D eigenvalue weighted by atomic mass is 35.5. The molecular formula is C12H13Cl2NO4. The number of benzene rings is 1. The fraction of sp³-hybridized carbons (Fsp3) is 0.333. The molecule has 1 aromatic rings. The number of carboxylic acid groups (broad SMARTS) is 1. The summed E-state index contributed by atoms with van der Waals surface area (Å²) in [5.74, 6) is -1.36. The Hall–Kier alpha value is -1.46. The standard InChI is InChI=1S/C12H13Cl2NO4/c1-6(12(17)18)15-11(16)7(2)19-10-4-3-8(13)5-9(10)14/h3-7H,1-2H3,(H,15,16)(H,17,18)/t6-,7+/m0/s1. The molecule has 5 nitrogen and oxygen atoms in total. The van der Waals surface area contributed by atoms with E-state index in [1.54, 1.807) is 6.07 Å². The summed E-state index contributed by atoms with van der Waals surface area (Å²) in [4.78, 5) is 22.3. The molecule has 2 N–H and O–H groups in total. The van der Waals surface area contributed by atoms with E-state index < -0.39 is 24.0 Å². The van der Waals surface area contributed by atoms with Gasteiger partial charge in [0, 0.05) is 5.02 Å². The molecule has 0 aliphatic heterocycles. The van der Waals surface area contributed by atoms with Crippen molar-refractivity contribution in [1.82, 2.24) is 5.32 Å². The van der Waals surface area contributed by atoms with Crippen molar-refractivity contribution in [3.63, 3.8) is 0 Å². The molecule has 0 saturated carbocycles. The number of hydrogen-bond acceptors (Lipinski definition) is 3. The molecule has 1 amide bonds. The van der Waals surface area contributed by atoms with Gasteiger partial charge in [0.1, 0.15) is 11.8 Å². The molecule has 0 unspecified atom stereocenters. The van der Waals surface area contributed by atoms with Gasteiger partial charge >= 0.3 is 5.97 Å². The molecule has 1 rings (SSSR count). The van der Waals surface area contributed by atoms with Crippen molar-refractivity contribution in [3.8, 4) is 5.75 Å². The van der Waals surface area contributed by atoms with Gasteiger partial charge in [-0.3, -0.25) is 9.59 Å². The van der Waals surface area contributed by atoms with Crippen molar-refractivity contribution < 1.29 is 19.4 Å². The van der Waals surface area contributed by atoms with E-state index in [2.05, 4.69) is 5.32 Å². The molecule has 0 aliphatic rings. The van der Waals surface area contributed by atoms with Crippen molar-refractivity contribution in [2.45, 2.75) is 26.0 Å². The first kappa shape index (κ1) is 15.6. The lowest BCUT2D eigenvalue weighted by Gasteiger charge is -2.17. The number of carbonyl (C=O) groups is 2. The van der Waals surface area contributed by atoms with Gasteiger partial charge in [-0.05, 0) is 32.0 Å². The first-order chi connectivity index (χ1) is 8.81. The van der Waals surface area contributed by atoms with Crippen LogP contribution in [0.15, 0.2) is 18.2 Å². The number of ether oxygens (including phenoxy) is 1. The maximum Gasteiger partial charge on any atom is 0.325 e. The molecular weight excluding hydrogens is 293 g/mol. The Balaban J connectivity index is 2.66. The number of hydrogen-bond donors (Lipinski definition) is 2. The van der Waals surface area contributed by atoms with Gasteiger partial charge in [0.05, 0.1) is 5.02 Å². The largest absolute Gasteiger partial charge is 0.480 e. The molecule has 1 aromatic carbocycles. The highest BCUT2D eigenvalue weighted by Crippen LogP contribution is 2.28. The lowest BCUT2D eigenvalue weighted by Crippen LogP contribution is -2.44. The van der Waals surface area contributed by atoms with Crippen LogP contribution in [0, 0.1) is 0 Å². The van der Waals surface area contributed by atoms with Crippen LogP contribution in [0.25, 0.3) is 0 Å². The van der Waals surface area contributed by atoms with E-state index in [0.29, 0.717) is 10.8 Å². The number of amides is 1. The zero-order valence-corrected chi connectivity index (χ0v) is 11.8. The normalized spacial score (nSPS) is 13.5. The SMILES string of the molecule is C[C@H](NC(=O)[C@@H](C)Oc1ccc(Cl)cc1Cl)C(=O)O. The average molecular weight is 306 g/mol. The van der Waals surface area contributed by atoms with Crippen LogP contribution >= 0.6 is 23.2 Å². The minimum absolute atomic E-state index is 0.276. The summed E-state index contributed by atoms with van der Waals surface area (Å²) in [5.41, 5.74) is 0. The van der Waals surface area contributed by atoms with E-state index in [1.165, 1.54) is 26.0 Å². The molecule has 0 heterocycles. The van der Waals surface area contributed by atoms with Crippen molar-refractivity contribution in [2.75, 3.05) is 0 Å². The Morgan fingerprint density at radius 3 is 2.47 bits per heavy atom. The number of halogens is 2. The van der Waals surface area contributed by atoms with E-state index in [9.17, 15) is 9.59 Å². The molecule has 2 atom stereocenters. The quantitative estimate of drug-likeness (QED) is 0.875. The lowest BCUT2D eigenvalue weighted by atomic mass is 10.3. The summed E-state index contributed by atoms with van der Waals surface area (Å²) < 4.78 is 5.35. The van der Waals surface area contributed by atoms with Crippen LogP contribution in [-0.2, 0) is 9.59 Å². The van der Waals surface area contributed by atoms with Crippen LogP contribution in [0.1, 0.15) is 13.8 Å².